The third kappa shape index (κ3) is 3.20. The van der Waals surface area contributed by atoms with Gasteiger partial charge in [0.15, 0.2) is 11.5 Å². The summed E-state index contributed by atoms with van der Waals surface area (Å²) in [4.78, 5) is 14.2. The number of amides is 1. The largest absolute Gasteiger partial charge is 0.356 e. The van der Waals surface area contributed by atoms with Crippen molar-refractivity contribution in [3.05, 3.63) is 24.8 Å². The fraction of sp³-hybridized carbons (Fsp3) is 0.588. The third-order valence-corrected chi connectivity index (χ3v) is 5.31. The number of tetrazole rings is 1. The number of carbonyl (C=O) groups excluding carboxylic acids is 1. The zero-order valence-corrected chi connectivity index (χ0v) is 14.2. The summed E-state index contributed by atoms with van der Waals surface area (Å²) >= 11 is 0. The van der Waals surface area contributed by atoms with Crippen LogP contribution in [0.2, 0.25) is 0 Å². The number of nitrogens with zero attached hydrogens (tertiary/aromatic N) is 6. The van der Waals surface area contributed by atoms with Crippen LogP contribution >= 0.6 is 0 Å². The molecule has 2 bridgehead atoms. The Balaban J connectivity index is 1.40. The van der Waals surface area contributed by atoms with Crippen LogP contribution in [0.15, 0.2) is 24.8 Å². The molecule has 2 saturated heterocycles. The lowest BCUT2D eigenvalue weighted by Crippen LogP contribution is -2.46. The summed E-state index contributed by atoms with van der Waals surface area (Å²) in [6.45, 7) is 4.43. The van der Waals surface area contributed by atoms with E-state index in [2.05, 4.69) is 37.4 Å². The number of anilines is 1. The molecule has 0 aromatic carbocycles. The third-order valence-electron chi connectivity index (χ3n) is 5.31. The van der Waals surface area contributed by atoms with Gasteiger partial charge in [-0.2, -0.15) is 0 Å². The van der Waals surface area contributed by atoms with Crippen molar-refractivity contribution in [1.82, 2.24) is 30.6 Å². The van der Waals surface area contributed by atoms with E-state index in [1.165, 1.54) is 17.5 Å². The van der Waals surface area contributed by atoms with Crippen molar-refractivity contribution >= 4 is 17.4 Å². The molecule has 3 atom stereocenters. The standard InChI is InChI=1S/C17H23N7O/c1-2-3-4-17(25)18-11-12-9-13-5-6-14(10-12)23(13)16-8-7-15-19-21-22-24(15)20-16/h2,7-8,12-14H,1,3-6,9-11H2,(H,18,25)/t12?,13-,14+. The van der Waals surface area contributed by atoms with Crippen LogP contribution in [0.4, 0.5) is 5.82 Å². The van der Waals surface area contributed by atoms with Crippen molar-refractivity contribution in [3.63, 3.8) is 0 Å². The van der Waals surface area contributed by atoms with Gasteiger partial charge in [0, 0.05) is 25.0 Å². The highest BCUT2D eigenvalue weighted by Crippen LogP contribution is 2.40. The smallest absolute Gasteiger partial charge is 0.220 e. The predicted octanol–water partition coefficient (Wildman–Crippen LogP) is 1.35. The first-order valence-corrected chi connectivity index (χ1v) is 8.96. The summed E-state index contributed by atoms with van der Waals surface area (Å²) in [5, 5.41) is 19.1. The lowest BCUT2D eigenvalue weighted by atomic mass is 9.90. The van der Waals surface area contributed by atoms with E-state index >= 15 is 0 Å². The van der Waals surface area contributed by atoms with E-state index in [4.69, 9.17) is 0 Å². The first-order chi connectivity index (χ1) is 12.2. The van der Waals surface area contributed by atoms with Crippen molar-refractivity contribution in [2.24, 2.45) is 5.92 Å². The molecule has 8 nitrogen and oxygen atoms in total. The summed E-state index contributed by atoms with van der Waals surface area (Å²) in [5.74, 6) is 1.61. The molecule has 25 heavy (non-hydrogen) atoms. The zero-order valence-electron chi connectivity index (χ0n) is 14.2. The number of nitrogens with one attached hydrogen (secondary N) is 1. The number of rotatable bonds is 6. The number of piperidine rings is 1. The highest BCUT2D eigenvalue weighted by molar-refractivity contribution is 5.75. The van der Waals surface area contributed by atoms with Crippen LogP contribution in [0.1, 0.15) is 38.5 Å². The molecule has 2 fully saturated rings. The summed E-state index contributed by atoms with van der Waals surface area (Å²) in [7, 11) is 0. The molecule has 1 unspecified atom stereocenters. The van der Waals surface area contributed by atoms with Crippen molar-refractivity contribution < 1.29 is 4.79 Å². The van der Waals surface area contributed by atoms with Gasteiger partial charge in [-0.3, -0.25) is 4.79 Å². The number of allylic oxidation sites excluding steroid dienone is 1. The first-order valence-electron chi connectivity index (χ1n) is 8.96. The van der Waals surface area contributed by atoms with E-state index in [0.717, 1.165) is 31.6 Å². The molecule has 2 aromatic heterocycles. The van der Waals surface area contributed by atoms with Gasteiger partial charge in [0.05, 0.1) is 0 Å². The predicted molar refractivity (Wildman–Crippen MR) is 93.0 cm³/mol. The van der Waals surface area contributed by atoms with E-state index in [0.29, 0.717) is 30.1 Å². The molecule has 2 aliphatic heterocycles. The maximum absolute atomic E-state index is 11.8. The van der Waals surface area contributed by atoms with Gasteiger partial charge in [-0.05, 0) is 60.6 Å². The molecule has 0 spiro atoms. The molecule has 2 aliphatic rings. The molecular formula is C17H23N7O. The van der Waals surface area contributed by atoms with Crippen LogP contribution in [0.5, 0.6) is 0 Å². The van der Waals surface area contributed by atoms with Gasteiger partial charge in [0.25, 0.3) is 0 Å². The number of fused-ring (bicyclic) bond motifs is 3. The fourth-order valence-electron chi connectivity index (χ4n) is 4.19. The minimum absolute atomic E-state index is 0.125. The minimum Gasteiger partial charge on any atom is -0.356 e. The second-order valence-corrected chi connectivity index (χ2v) is 6.98. The molecule has 8 heteroatoms. The highest BCUT2D eigenvalue weighted by atomic mass is 16.1. The normalized spacial score (nSPS) is 25.3. The Morgan fingerprint density at radius 3 is 2.88 bits per heavy atom. The van der Waals surface area contributed by atoms with Crippen LogP contribution in [0, 0.1) is 5.92 Å². The Labute approximate surface area is 146 Å². The summed E-state index contributed by atoms with van der Waals surface area (Å²) < 4.78 is 1.49. The maximum atomic E-state index is 11.8. The van der Waals surface area contributed by atoms with Gasteiger partial charge in [-0.25, -0.2) is 0 Å². The van der Waals surface area contributed by atoms with Gasteiger partial charge >= 0.3 is 0 Å². The van der Waals surface area contributed by atoms with E-state index < -0.39 is 0 Å². The van der Waals surface area contributed by atoms with Gasteiger partial charge < -0.3 is 10.2 Å². The lowest BCUT2D eigenvalue weighted by Gasteiger charge is -2.39. The van der Waals surface area contributed by atoms with Crippen LogP contribution < -0.4 is 10.2 Å². The van der Waals surface area contributed by atoms with Gasteiger partial charge in [-0.1, -0.05) is 6.08 Å². The molecule has 1 amide bonds. The maximum Gasteiger partial charge on any atom is 0.220 e. The molecule has 0 aliphatic carbocycles. The van der Waals surface area contributed by atoms with Crippen molar-refractivity contribution in [2.75, 3.05) is 11.4 Å². The van der Waals surface area contributed by atoms with Crippen LogP contribution in [0.3, 0.4) is 0 Å². The Kier molecular flexibility index (Phi) is 4.33. The molecule has 4 rings (SSSR count). The van der Waals surface area contributed by atoms with E-state index in [9.17, 15) is 4.79 Å². The fourth-order valence-corrected chi connectivity index (χ4v) is 4.19. The quantitative estimate of drug-likeness (QED) is 0.798. The van der Waals surface area contributed by atoms with Gasteiger partial charge in [0.2, 0.25) is 5.91 Å². The number of hydrogen-bond donors (Lipinski definition) is 1. The average Bonchev–Trinajstić information content (AvgIpc) is 3.19. The summed E-state index contributed by atoms with van der Waals surface area (Å²) in [6, 6.07) is 4.88. The second kappa shape index (κ2) is 6.78. The van der Waals surface area contributed by atoms with Crippen molar-refractivity contribution in [3.8, 4) is 0 Å². The van der Waals surface area contributed by atoms with Gasteiger partial charge in [0.1, 0.15) is 0 Å². The van der Waals surface area contributed by atoms with Crippen LogP contribution in [-0.2, 0) is 4.79 Å². The highest BCUT2D eigenvalue weighted by Gasteiger charge is 2.41. The summed E-state index contributed by atoms with van der Waals surface area (Å²) in [5.41, 5.74) is 0.660. The number of aromatic nitrogens is 5. The Hall–Kier alpha value is -2.51. The van der Waals surface area contributed by atoms with Crippen LogP contribution in [0.25, 0.3) is 5.65 Å². The van der Waals surface area contributed by atoms with Crippen molar-refractivity contribution in [1.29, 1.82) is 0 Å². The van der Waals surface area contributed by atoms with E-state index in [-0.39, 0.29) is 5.91 Å². The molecule has 1 N–H and O–H groups in total. The molecule has 4 heterocycles. The van der Waals surface area contributed by atoms with Gasteiger partial charge in [-0.15, -0.1) is 21.4 Å². The Morgan fingerprint density at radius 1 is 1.32 bits per heavy atom. The zero-order chi connectivity index (χ0) is 17.2. The average molecular weight is 341 g/mol. The Morgan fingerprint density at radius 2 is 2.12 bits per heavy atom. The van der Waals surface area contributed by atoms with Crippen LogP contribution in [-0.4, -0.2) is 49.8 Å². The Bertz CT molecular complexity index is 759. The number of carbonyl (C=O) groups is 1. The van der Waals surface area contributed by atoms with E-state index in [1.807, 2.05) is 12.1 Å². The lowest BCUT2D eigenvalue weighted by molar-refractivity contribution is -0.121. The molecule has 0 saturated carbocycles. The second-order valence-electron chi connectivity index (χ2n) is 6.98. The SMILES string of the molecule is C=CCCC(=O)NCC1C[C@H]2CC[C@@H](C1)N2c1ccc2nnnn2n1. The molecule has 0 radical (unpaired) electrons. The molecule has 132 valence electrons. The molecule has 2 aromatic rings. The molecular weight excluding hydrogens is 318 g/mol. The number of hydrogen-bond acceptors (Lipinski definition) is 6. The minimum atomic E-state index is 0.125. The topological polar surface area (TPSA) is 88.3 Å². The summed E-state index contributed by atoms with van der Waals surface area (Å²) in [6.07, 6.45) is 7.60. The van der Waals surface area contributed by atoms with Crippen molar-refractivity contribution in [2.45, 2.75) is 50.6 Å². The van der Waals surface area contributed by atoms with E-state index in [1.54, 1.807) is 6.08 Å². The monoisotopic (exact) mass is 341 g/mol. The first kappa shape index (κ1) is 16.0.